The molecular weight excluding hydrogens is 279 g/mol. The number of anilines is 1. The average Bonchev–Trinajstić information content (AvgIpc) is 2.36. The first-order valence-electron chi connectivity index (χ1n) is 6.38. The molecule has 20 heavy (non-hydrogen) atoms. The highest BCUT2D eigenvalue weighted by molar-refractivity contribution is 7.80. The summed E-state index contributed by atoms with van der Waals surface area (Å²) in [5.74, 6) is -0.854. The first kappa shape index (κ1) is 16.4. The number of thiocarbonyl (C=S) groups is 1. The van der Waals surface area contributed by atoms with Crippen LogP contribution in [0.2, 0.25) is 0 Å². The summed E-state index contributed by atoms with van der Waals surface area (Å²) in [7, 11) is 0. The first-order valence-corrected chi connectivity index (χ1v) is 6.79. The van der Waals surface area contributed by atoms with Crippen LogP contribution in [0.4, 0.5) is 10.1 Å². The van der Waals surface area contributed by atoms with Gasteiger partial charge in [0.05, 0.1) is 12.3 Å². The van der Waals surface area contributed by atoms with Crippen molar-refractivity contribution < 1.29 is 13.9 Å². The van der Waals surface area contributed by atoms with Gasteiger partial charge in [0.1, 0.15) is 17.4 Å². The number of benzene rings is 1. The van der Waals surface area contributed by atoms with E-state index in [1.54, 1.807) is 24.0 Å². The van der Waals surface area contributed by atoms with E-state index in [0.717, 1.165) is 0 Å². The summed E-state index contributed by atoms with van der Waals surface area (Å²) in [4.78, 5) is 13.4. The van der Waals surface area contributed by atoms with Crippen molar-refractivity contribution in [3.05, 3.63) is 29.6 Å². The molecule has 4 nitrogen and oxygen atoms in total. The van der Waals surface area contributed by atoms with E-state index in [-0.39, 0.29) is 23.5 Å². The van der Waals surface area contributed by atoms with Gasteiger partial charge in [0.2, 0.25) is 0 Å². The Bertz CT molecular complexity index is 506. The minimum absolute atomic E-state index is 0.00511. The van der Waals surface area contributed by atoms with Crippen LogP contribution in [-0.2, 0) is 9.53 Å². The summed E-state index contributed by atoms with van der Waals surface area (Å²) in [6.45, 7) is 5.78. The molecule has 0 bridgehead atoms. The third-order valence-electron chi connectivity index (χ3n) is 2.77. The summed E-state index contributed by atoms with van der Waals surface area (Å²) in [5.41, 5.74) is 6.25. The second kappa shape index (κ2) is 7.19. The molecule has 0 fully saturated rings. The van der Waals surface area contributed by atoms with E-state index in [9.17, 15) is 9.18 Å². The van der Waals surface area contributed by atoms with E-state index in [2.05, 4.69) is 0 Å². The maximum atomic E-state index is 14.1. The number of halogens is 1. The number of ether oxygens (including phenoxy) is 1. The van der Waals surface area contributed by atoms with E-state index in [1.165, 1.54) is 6.07 Å². The van der Waals surface area contributed by atoms with Gasteiger partial charge in [-0.25, -0.2) is 4.39 Å². The van der Waals surface area contributed by atoms with Crippen LogP contribution in [0.3, 0.4) is 0 Å². The highest BCUT2D eigenvalue weighted by Gasteiger charge is 2.19. The SMILES string of the molecule is CCOC(=O)CN(c1ccc(C(N)=S)cc1F)C(C)C. The molecule has 2 N–H and O–H groups in total. The maximum Gasteiger partial charge on any atom is 0.325 e. The largest absolute Gasteiger partial charge is 0.465 e. The first-order chi connectivity index (χ1) is 9.36. The molecule has 1 rings (SSSR count). The summed E-state index contributed by atoms with van der Waals surface area (Å²) >= 11 is 4.81. The van der Waals surface area contributed by atoms with Crippen molar-refractivity contribution in [2.24, 2.45) is 5.73 Å². The molecule has 0 aliphatic carbocycles. The normalized spacial score (nSPS) is 10.4. The zero-order valence-corrected chi connectivity index (χ0v) is 12.7. The molecule has 0 spiro atoms. The Labute approximate surface area is 123 Å². The fourth-order valence-corrected chi connectivity index (χ4v) is 1.91. The molecule has 1 aromatic carbocycles. The van der Waals surface area contributed by atoms with Crippen molar-refractivity contribution in [2.75, 3.05) is 18.1 Å². The number of hydrogen-bond acceptors (Lipinski definition) is 4. The van der Waals surface area contributed by atoms with Gasteiger partial charge in [0, 0.05) is 11.6 Å². The Kier molecular flexibility index (Phi) is 5.88. The molecule has 1 aromatic rings. The highest BCUT2D eigenvalue weighted by atomic mass is 32.1. The van der Waals surface area contributed by atoms with Crippen LogP contribution in [0.1, 0.15) is 26.3 Å². The summed E-state index contributed by atoms with van der Waals surface area (Å²) in [6.07, 6.45) is 0. The minimum atomic E-state index is -0.465. The predicted octanol–water partition coefficient (Wildman–Crippen LogP) is 2.24. The topological polar surface area (TPSA) is 55.6 Å². The van der Waals surface area contributed by atoms with Gasteiger partial charge in [-0.15, -0.1) is 0 Å². The van der Waals surface area contributed by atoms with Crippen LogP contribution < -0.4 is 10.6 Å². The van der Waals surface area contributed by atoms with Crippen LogP contribution in [0, 0.1) is 5.82 Å². The van der Waals surface area contributed by atoms with Crippen LogP contribution in [-0.4, -0.2) is 30.2 Å². The van der Waals surface area contributed by atoms with E-state index in [0.29, 0.717) is 17.9 Å². The zero-order chi connectivity index (χ0) is 15.3. The second-order valence-electron chi connectivity index (χ2n) is 4.56. The van der Waals surface area contributed by atoms with Crippen LogP contribution in [0.25, 0.3) is 0 Å². The molecule has 0 amide bonds. The van der Waals surface area contributed by atoms with Gasteiger partial charge in [-0.2, -0.15) is 0 Å². The van der Waals surface area contributed by atoms with Crippen LogP contribution in [0.15, 0.2) is 18.2 Å². The van der Waals surface area contributed by atoms with Gasteiger partial charge < -0.3 is 15.4 Å². The molecule has 0 heterocycles. The number of carbonyl (C=O) groups excluding carboxylic acids is 1. The molecule has 0 unspecified atom stereocenters. The fraction of sp³-hybridized carbons (Fsp3) is 0.429. The molecule has 0 saturated heterocycles. The lowest BCUT2D eigenvalue weighted by Gasteiger charge is -2.28. The van der Waals surface area contributed by atoms with Gasteiger partial charge in [0.25, 0.3) is 0 Å². The Morgan fingerprint density at radius 3 is 2.60 bits per heavy atom. The van der Waals surface area contributed by atoms with E-state index in [1.807, 2.05) is 13.8 Å². The molecule has 0 aliphatic rings. The molecule has 6 heteroatoms. The lowest BCUT2D eigenvalue weighted by molar-refractivity contribution is -0.141. The Hall–Kier alpha value is -1.69. The molecule has 0 atom stereocenters. The molecular formula is C14H19FN2O2S. The van der Waals surface area contributed by atoms with Crippen molar-refractivity contribution in [3.8, 4) is 0 Å². The minimum Gasteiger partial charge on any atom is -0.465 e. The standard InChI is InChI=1S/C14H19FN2O2S/c1-4-19-13(18)8-17(9(2)3)12-6-5-10(14(16)20)7-11(12)15/h5-7,9H,4,8H2,1-3H3,(H2,16,20). The molecule has 0 radical (unpaired) electrons. The van der Waals surface area contributed by atoms with Crippen LogP contribution >= 0.6 is 12.2 Å². The van der Waals surface area contributed by atoms with Crippen molar-refractivity contribution in [2.45, 2.75) is 26.8 Å². The van der Waals surface area contributed by atoms with Gasteiger partial charge in [-0.05, 0) is 39.0 Å². The van der Waals surface area contributed by atoms with Crippen molar-refractivity contribution >= 4 is 28.9 Å². The lowest BCUT2D eigenvalue weighted by Crippen LogP contribution is -2.37. The van der Waals surface area contributed by atoms with E-state index in [4.69, 9.17) is 22.7 Å². The fourth-order valence-electron chi connectivity index (χ4n) is 1.78. The number of esters is 1. The molecule has 110 valence electrons. The lowest BCUT2D eigenvalue weighted by atomic mass is 10.1. The highest BCUT2D eigenvalue weighted by Crippen LogP contribution is 2.22. The van der Waals surface area contributed by atoms with Gasteiger partial charge in [-0.3, -0.25) is 4.79 Å². The molecule has 0 aromatic heterocycles. The van der Waals surface area contributed by atoms with E-state index < -0.39 is 5.82 Å². The predicted molar refractivity (Wildman–Crippen MR) is 81.4 cm³/mol. The number of nitrogens with zero attached hydrogens (tertiary/aromatic N) is 1. The van der Waals surface area contributed by atoms with E-state index >= 15 is 0 Å². The van der Waals surface area contributed by atoms with Crippen LogP contribution in [0.5, 0.6) is 0 Å². The summed E-state index contributed by atoms with van der Waals surface area (Å²) in [6, 6.07) is 4.44. The monoisotopic (exact) mass is 298 g/mol. The Balaban J connectivity index is 3.03. The Morgan fingerprint density at radius 1 is 1.50 bits per heavy atom. The number of carbonyl (C=O) groups is 1. The van der Waals surface area contributed by atoms with Gasteiger partial charge in [0.15, 0.2) is 0 Å². The average molecular weight is 298 g/mol. The van der Waals surface area contributed by atoms with Crippen molar-refractivity contribution in [3.63, 3.8) is 0 Å². The molecule has 0 saturated carbocycles. The smallest absolute Gasteiger partial charge is 0.325 e. The maximum absolute atomic E-state index is 14.1. The van der Waals surface area contributed by atoms with Gasteiger partial charge >= 0.3 is 5.97 Å². The zero-order valence-electron chi connectivity index (χ0n) is 11.9. The Morgan fingerprint density at radius 2 is 2.15 bits per heavy atom. The second-order valence-corrected chi connectivity index (χ2v) is 5.00. The van der Waals surface area contributed by atoms with Crippen molar-refractivity contribution in [1.29, 1.82) is 0 Å². The quantitative estimate of drug-likeness (QED) is 0.645. The third-order valence-corrected chi connectivity index (χ3v) is 3.01. The number of rotatable bonds is 6. The number of nitrogens with two attached hydrogens (primary N) is 1. The van der Waals surface area contributed by atoms with Crippen molar-refractivity contribution in [1.82, 2.24) is 0 Å². The third kappa shape index (κ3) is 4.16. The molecule has 0 aliphatic heterocycles. The number of hydrogen-bond donors (Lipinski definition) is 1. The van der Waals surface area contributed by atoms with Gasteiger partial charge in [-0.1, -0.05) is 12.2 Å². The summed E-state index contributed by atoms with van der Waals surface area (Å²) in [5, 5.41) is 0. The summed E-state index contributed by atoms with van der Waals surface area (Å²) < 4.78 is 19.1.